The van der Waals surface area contributed by atoms with Gasteiger partial charge in [0.15, 0.2) is 0 Å². The fraction of sp³-hybridized carbons (Fsp3) is 0.917. The summed E-state index contributed by atoms with van der Waals surface area (Å²) >= 11 is 0. The van der Waals surface area contributed by atoms with Gasteiger partial charge in [-0.3, -0.25) is 4.79 Å². The zero-order valence-electron chi connectivity index (χ0n) is 10.8. The lowest BCUT2D eigenvalue weighted by molar-refractivity contribution is -0.139. The summed E-state index contributed by atoms with van der Waals surface area (Å²) < 4.78 is 5.32. The minimum absolute atomic E-state index is 0.428. The van der Waals surface area contributed by atoms with Crippen LogP contribution in [0.15, 0.2) is 0 Å². The first-order valence-electron chi connectivity index (χ1n) is 6.39. The quantitative estimate of drug-likeness (QED) is 0.685. The van der Waals surface area contributed by atoms with Crippen molar-refractivity contribution in [1.82, 2.24) is 10.2 Å². The predicted molar refractivity (Wildman–Crippen MR) is 66.2 cm³/mol. The van der Waals surface area contributed by atoms with Gasteiger partial charge in [-0.25, -0.2) is 0 Å². The monoisotopic (exact) mass is 244 g/mol. The highest BCUT2D eigenvalue weighted by Crippen LogP contribution is 2.13. The van der Waals surface area contributed by atoms with Gasteiger partial charge in [0.25, 0.3) is 0 Å². The van der Waals surface area contributed by atoms with E-state index in [2.05, 4.69) is 17.3 Å². The molecule has 1 aliphatic rings. The van der Waals surface area contributed by atoms with Gasteiger partial charge in [-0.1, -0.05) is 6.92 Å². The van der Waals surface area contributed by atoms with Gasteiger partial charge in [0, 0.05) is 25.8 Å². The molecule has 1 saturated heterocycles. The van der Waals surface area contributed by atoms with Crippen LogP contribution in [0.1, 0.15) is 26.2 Å². The molecule has 1 heterocycles. The van der Waals surface area contributed by atoms with Crippen molar-refractivity contribution in [1.29, 1.82) is 0 Å². The molecule has 0 spiro atoms. The van der Waals surface area contributed by atoms with Crippen molar-refractivity contribution >= 4 is 5.97 Å². The third-order valence-corrected chi connectivity index (χ3v) is 3.33. The van der Waals surface area contributed by atoms with Gasteiger partial charge in [-0.15, -0.1) is 0 Å². The van der Waals surface area contributed by atoms with Crippen LogP contribution in [-0.2, 0) is 9.53 Å². The highest BCUT2D eigenvalue weighted by atomic mass is 16.5. The van der Waals surface area contributed by atoms with Crippen LogP contribution in [0.4, 0.5) is 0 Å². The predicted octanol–water partition coefficient (Wildman–Crippen LogP) is 0.550. The topological polar surface area (TPSA) is 61.8 Å². The fourth-order valence-electron chi connectivity index (χ4n) is 2.20. The summed E-state index contributed by atoms with van der Waals surface area (Å²) in [7, 11) is 2.07. The number of nitrogens with zero attached hydrogens (tertiary/aromatic N) is 1. The first-order valence-corrected chi connectivity index (χ1v) is 6.39. The van der Waals surface area contributed by atoms with Crippen molar-refractivity contribution < 1.29 is 14.6 Å². The van der Waals surface area contributed by atoms with E-state index in [4.69, 9.17) is 9.84 Å². The van der Waals surface area contributed by atoms with E-state index >= 15 is 0 Å². The number of aliphatic carboxylic acids is 1. The normalized spacial score (nSPS) is 19.5. The first kappa shape index (κ1) is 14.4. The van der Waals surface area contributed by atoms with Crippen LogP contribution in [0, 0.1) is 0 Å². The van der Waals surface area contributed by atoms with Gasteiger partial charge in [-0.2, -0.15) is 0 Å². The summed E-state index contributed by atoms with van der Waals surface area (Å²) in [6, 6.07) is 0.113. The van der Waals surface area contributed by atoms with E-state index in [0.717, 1.165) is 32.6 Å². The van der Waals surface area contributed by atoms with E-state index in [1.165, 1.54) is 0 Å². The molecule has 0 aromatic heterocycles. The number of ether oxygens (including phenoxy) is 1. The van der Waals surface area contributed by atoms with Crippen molar-refractivity contribution in [2.75, 3.05) is 33.4 Å². The molecule has 2 N–H and O–H groups in total. The Balaban J connectivity index is 2.29. The number of nitrogens with one attached hydrogen (secondary N) is 1. The Hall–Kier alpha value is -0.650. The third kappa shape index (κ3) is 5.02. The van der Waals surface area contributed by atoms with Crippen LogP contribution in [0.2, 0.25) is 0 Å². The molecule has 1 rings (SSSR count). The van der Waals surface area contributed by atoms with Gasteiger partial charge >= 0.3 is 5.97 Å². The van der Waals surface area contributed by atoms with Gasteiger partial charge in [-0.05, 0) is 32.9 Å². The summed E-state index contributed by atoms with van der Waals surface area (Å²) in [6.07, 6.45) is 2.75. The molecule has 1 aliphatic heterocycles. The summed E-state index contributed by atoms with van der Waals surface area (Å²) in [6.45, 7) is 5.08. The molecule has 0 aliphatic carbocycles. The van der Waals surface area contributed by atoms with Crippen LogP contribution in [-0.4, -0.2) is 61.4 Å². The molecule has 0 amide bonds. The summed E-state index contributed by atoms with van der Waals surface area (Å²) in [4.78, 5) is 13.2. The zero-order valence-corrected chi connectivity index (χ0v) is 10.8. The second-order valence-corrected chi connectivity index (χ2v) is 4.56. The van der Waals surface area contributed by atoms with Gasteiger partial charge in [0.2, 0.25) is 0 Å². The largest absolute Gasteiger partial charge is 0.480 e. The smallest absolute Gasteiger partial charge is 0.320 e. The molecule has 0 aromatic rings. The number of hydrogen-bond acceptors (Lipinski definition) is 4. The molecule has 1 unspecified atom stereocenters. The van der Waals surface area contributed by atoms with Crippen molar-refractivity contribution in [3.8, 4) is 0 Å². The van der Waals surface area contributed by atoms with E-state index in [-0.39, 0.29) is 0 Å². The molecular weight excluding hydrogens is 220 g/mol. The van der Waals surface area contributed by atoms with E-state index in [9.17, 15) is 4.79 Å². The average molecular weight is 244 g/mol. The van der Waals surface area contributed by atoms with Crippen LogP contribution in [0.5, 0.6) is 0 Å². The first-order chi connectivity index (χ1) is 8.15. The Morgan fingerprint density at radius 1 is 1.53 bits per heavy atom. The van der Waals surface area contributed by atoms with Crippen LogP contribution < -0.4 is 5.32 Å². The van der Waals surface area contributed by atoms with Gasteiger partial charge in [0.05, 0.1) is 0 Å². The number of rotatable bonds is 7. The van der Waals surface area contributed by atoms with Gasteiger partial charge < -0.3 is 20.1 Å². The lowest BCUT2D eigenvalue weighted by Gasteiger charge is -2.31. The summed E-state index contributed by atoms with van der Waals surface area (Å²) in [5, 5.41) is 12.0. The SMILES string of the molecule is CCNC(CCN(C)C1CCOCC1)C(=O)O. The molecule has 5 heteroatoms. The maximum atomic E-state index is 11.0. The molecule has 1 fully saturated rings. The standard InChI is InChI=1S/C12H24N2O3/c1-3-13-11(12(15)16)4-7-14(2)10-5-8-17-9-6-10/h10-11,13H,3-9H2,1-2H3,(H,15,16). The number of carbonyl (C=O) groups is 1. The Morgan fingerprint density at radius 3 is 2.71 bits per heavy atom. The van der Waals surface area contributed by atoms with E-state index in [0.29, 0.717) is 19.0 Å². The molecule has 0 aromatic carbocycles. The second kappa shape index (κ2) is 7.63. The molecule has 100 valence electrons. The van der Waals surface area contributed by atoms with Crippen LogP contribution in [0.3, 0.4) is 0 Å². The maximum Gasteiger partial charge on any atom is 0.320 e. The molecular formula is C12H24N2O3. The minimum atomic E-state index is -0.757. The molecule has 0 bridgehead atoms. The maximum absolute atomic E-state index is 11.0. The lowest BCUT2D eigenvalue weighted by Crippen LogP contribution is -2.42. The number of carboxylic acids is 1. The van der Waals surface area contributed by atoms with Gasteiger partial charge in [0.1, 0.15) is 6.04 Å². The lowest BCUT2D eigenvalue weighted by atomic mass is 10.1. The summed E-state index contributed by atoms with van der Waals surface area (Å²) in [5.74, 6) is -0.757. The molecule has 5 nitrogen and oxygen atoms in total. The average Bonchev–Trinajstić information content (AvgIpc) is 2.34. The highest BCUT2D eigenvalue weighted by Gasteiger charge is 2.21. The molecule has 1 atom stereocenters. The van der Waals surface area contributed by atoms with Crippen molar-refractivity contribution in [2.45, 2.75) is 38.3 Å². The number of likely N-dealkylation sites (N-methyl/N-ethyl adjacent to an activating group) is 1. The van der Waals surface area contributed by atoms with E-state index < -0.39 is 12.0 Å². The van der Waals surface area contributed by atoms with Crippen LogP contribution >= 0.6 is 0 Å². The Morgan fingerprint density at radius 2 is 2.18 bits per heavy atom. The number of hydrogen-bond donors (Lipinski definition) is 2. The summed E-state index contributed by atoms with van der Waals surface area (Å²) in [5.41, 5.74) is 0. The van der Waals surface area contributed by atoms with Crippen molar-refractivity contribution in [3.63, 3.8) is 0 Å². The molecule has 0 saturated carbocycles. The highest BCUT2D eigenvalue weighted by molar-refractivity contribution is 5.73. The minimum Gasteiger partial charge on any atom is -0.480 e. The molecule has 17 heavy (non-hydrogen) atoms. The van der Waals surface area contributed by atoms with E-state index in [1.807, 2.05) is 6.92 Å². The van der Waals surface area contributed by atoms with Crippen LogP contribution in [0.25, 0.3) is 0 Å². The fourth-order valence-corrected chi connectivity index (χ4v) is 2.20. The Labute approximate surface area is 103 Å². The Bertz CT molecular complexity index is 230. The van der Waals surface area contributed by atoms with E-state index in [1.54, 1.807) is 0 Å². The molecule has 0 radical (unpaired) electrons. The Kier molecular flexibility index (Phi) is 6.47. The van der Waals surface area contributed by atoms with Crippen molar-refractivity contribution in [3.05, 3.63) is 0 Å². The number of carboxylic acid groups (broad SMARTS) is 1. The second-order valence-electron chi connectivity index (χ2n) is 4.56. The zero-order chi connectivity index (χ0) is 12.7. The third-order valence-electron chi connectivity index (χ3n) is 3.33. The van der Waals surface area contributed by atoms with Crippen molar-refractivity contribution in [2.24, 2.45) is 0 Å².